The van der Waals surface area contributed by atoms with E-state index in [0.717, 1.165) is 12.8 Å². The molecule has 8 nitrogen and oxygen atoms in total. The van der Waals surface area contributed by atoms with Crippen molar-refractivity contribution in [3.05, 3.63) is 24.2 Å². The van der Waals surface area contributed by atoms with Crippen LogP contribution in [0.1, 0.15) is 29.8 Å². The van der Waals surface area contributed by atoms with Crippen LogP contribution < -0.4 is 16.4 Å². The summed E-state index contributed by atoms with van der Waals surface area (Å²) in [6, 6.07) is 3.19. The molecule has 4 N–H and O–H groups in total. The molecule has 1 aliphatic rings. The molecular formula is C16H25ClN4O4. The monoisotopic (exact) mass is 372 g/mol. The number of hydrogen-bond acceptors (Lipinski definition) is 5. The highest BCUT2D eigenvalue weighted by molar-refractivity contribution is 5.91. The van der Waals surface area contributed by atoms with Crippen molar-refractivity contribution in [2.45, 2.75) is 19.3 Å². The summed E-state index contributed by atoms with van der Waals surface area (Å²) in [5, 5.41) is 5.41. The van der Waals surface area contributed by atoms with E-state index in [0.29, 0.717) is 26.2 Å². The molecule has 1 aromatic rings. The molecule has 1 saturated heterocycles. The number of halogens is 1. The lowest BCUT2D eigenvalue weighted by Crippen LogP contribution is -2.46. The molecule has 0 bridgehead atoms. The topological polar surface area (TPSA) is 118 Å². The molecule has 1 aromatic heterocycles. The van der Waals surface area contributed by atoms with Gasteiger partial charge in [0.05, 0.1) is 12.2 Å². The van der Waals surface area contributed by atoms with E-state index in [1.54, 1.807) is 17.0 Å². The average Bonchev–Trinajstić information content (AvgIpc) is 3.14. The third-order valence-corrected chi connectivity index (χ3v) is 3.96. The SMILES string of the molecule is Cl.NCCNC(=O)C1CCCN(C(=O)CCNC(=O)c2ccco2)C1. The van der Waals surface area contributed by atoms with Gasteiger partial charge in [-0.05, 0) is 25.0 Å². The quantitative estimate of drug-likeness (QED) is 0.629. The number of nitrogens with one attached hydrogen (secondary N) is 2. The second-order valence-electron chi connectivity index (χ2n) is 5.74. The Bertz CT molecular complexity index is 564. The van der Waals surface area contributed by atoms with Crippen LogP contribution in [0.3, 0.4) is 0 Å². The summed E-state index contributed by atoms with van der Waals surface area (Å²) >= 11 is 0. The summed E-state index contributed by atoms with van der Waals surface area (Å²) in [6.45, 7) is 2.14. The highest BCUT2D eigenvalue weighted by Gasteiger charge is 2.27. The number of piperidine rings is 1. The van der Waals surface area contributed by atoms with E-state index < -0.39 is 0 Å². The van der Waals surface area contributed by atoms with Crippen molar-refractivity contribution in [2.24, 2.45) is 11.7 Å². The number of carbonyl (C=O) groups excluding carboxylic acids is 3. The van der Waals surface area contributed by atoms with Crippen LogP contribution in [-0.4, -0.2) is 55.3 Å². The predicted molar refractivity (Wildman–Crippen MR) is 94.3 cm³/mol. The number of carbonyl (C=O) groups is 3. The van der Waals surface area contributed by atoms with Crippen LogP contribution in [0.25, 0.3) is 0 Å². The van der Waals surface area contributed by atoms with Gasteiger partial charge in [-0.1, -0.05) is 0 Å². The first-order valence-corrected chi connectivity index (χ1v) is 8.19. The second kappa shape index (κ2) is 10.7. The first-order valence-electron chi connectivity index (χ1n) is 8.19. The molecule has 9 heteroatoms. The molecule has 1 atom stereocenters. The van der Waals surface area contributed by atoms with Gasteiger partial charge < -0.3 is 25.7 Å². The molecular weight excluding hydrogens is 348 g/mol. The van der Waals surface area contributed by atoms with E-state index in [2.05, 4.69) is 10.6 Å². The standard InChI is InChI=1S/C16H24N4O4.ClH/c17-6-8-19-15(22)12-3-1-9-20(11-12)14(21)5-7-18-16(23)13-4-2-10-24-13;/h2,4,10,12H,1,3,5-9,11,17H2,(H,18,23)(H,19,22);1H. The predicted octanol–water partition coefficient (Wildman–Crippen LogP) is 0.135. The van der Waals surface area contributed by atoms with E-state index in [1.165, 1.54) is 6.26 Å². The van der Waals surface area contributed by atoms with Crippen LogP contribution in [0.15, 0.2) is 22.8 Å². The summed E-state index contributed by atoms with van der Waals surface area (Å²) in [4.78, 5) is 37.6. The van der Waals surface area contributed by atoms with Gasteiger partial charge in [0.2, 0.25) is 11.8 Å². The summed E-state index contributed by atoms with van der Waals surface area (Å²) < 4.78 is 4.98. The van der Waals surface area contributed by atoms with Crippen molar-refractivity contribution in [1.82, 2.24) is 15.5 Å². The number of amides is 3. The molecule has 1 aliphatic heterocycles. The summed E-state index contributed by atoms with van der Waals surface area (Å²) in [5.74, 6) is -0.426. The van der Waals surface area contributed by atoms with Crippen molar-refractivity contribution >= 4 is 30.1 Å². The fraction of sp³-hybridized carbons (Fsp3) is 0.562. The minimum atomic E-state index is -0.342. The van der Waals surface area contributed by atoms with E-state index in [1.807, 2.05) is 0 Å². The zero-order valence-electron chi connectivity index (χ0n) is 14.0. The molecule has 2 heterocycles. The van der Waals surface area contributed by atoms with Crippen molar-refractivity contribution in [2.75, 3.05) is 32.7 Å². The number of hydrogen-bond donors (Lipinski definition) is 3. The van der Waals surface area contributed by atoms with Crippen molar-refractivity contribution in [3.63, 3.8) is 0 Å². The molecule has 0 saturated carbocycles. The van der Waals surface area contributed by atoms with E-state index in [-0.39, 0.29) is 54.8 Å². The van der Waals surface area contributed by atoms with Gasteiger partial charge in [0, 0.05) is 39.1 Å². The molecule has 3 amide bonds. The van der Waals surface area contributed by atoms with Gasteiger partial charge in [-0.25, -0.2) is 0 Å². The third kappa shape index (κ3) is 6.39. The van der Waals surface area contributed by atoms with E-state index >= 15 is 0 Å². The van der Waals surface area contributed by atoms with Crippen LogP contribution in [0.4, 0.5) is 0 Å². The lowest BCUT2D eigenvalue weighted by molar-refractivity contribution is -0.135. The normalized spacial score (nSPS) is 16.7. The van der Waals surface area contributed by atoms with Crippen molar-refractivity contribution in [3.8, 4) is 0 Å². The molecule has 0 radical (unpaired) electrons. The Morgan fingerprint density at radius 3 is 2.76 bits per heavy atom. The summed E-state index contributed by atoms with van der Waals surface area (Å²) in [7, 11) is 0. The average molecular weight is 373 g/mol. The summed E-state index contributed by atoms with van der Waals surface area (Å²) in [5.41, 5.74) is 5.38. The first-order chi connectivity index (χ1) is 11.6. The summed E-state index contributed by atoms with van der Waals surface area (Å²) in [6.07, 6.45) is 3.19. The maximum atomic E-state index is 12.2. The van der Waals surface area contributed by atoms with Gasteiger partial charge in [-0.15, -0.1) is 12.4 Å². The number of nitrogens with two attached hydrogens (primary N) is 1. The fourth-order valence-electron chi connectivity index (χ4n) is 2.69. The van der Waals surface area contributed by atoms with E-state index in [9.17, 15) is 14.4 Å². The van der Waals surface area contributed by atoms with Crippen LogP contribution in [-0.2, 0) is 9.59 Å². The Balaban J connectivity index is 0.00000312. The van der Waals surface area contributed by atoms with Gasteiger partial charge in [0.25, 0.3) is 5.91 Å². The smallest absolute Gasteiger partial charge is 0.286 e. The van der Waals surface area contributed by atoms with Crippen LogP contribution >= 0.6 is 12.4 Å². The molecule has 1 fully saturated rings. The van der Waals surface area contributed by atoms with Gasteiger partial charge >= 0.3 is 0 Å². The zero-order valence-corrected chi connectivity index (χ0v) is 14.8. The number of nitrogens with zero attached hydrogens (tertiary/aromatic N) is 1. The van der Waals surface area contributed by atoms with Crippen molar-refractivity contribution in [1.29, 1.82) is 0 Å². The number of rotatable bonds is 7. The molecule has 2 rings (SSSR count). The first kappa shape index (κ1) is 21.0. The molecule has 0 aliphatic carbocycles. The third-order valence-electron chi connectivity index (χ3n) is 3.96. The number of likely N-dealkylation sites (tertiary alicyclic amines) is 1. The molecule has 1 unspecified atom stereocenters. The van der Waals surface area contributed by atoms with Gasteiger partial charge in [-0.2, -0.15) is 0 Å². The highest BCUT2D eigenvalue weighted by Crippen LogP contribution is 2.17. The lowest BCUT2D eigenvalue weighted by atomic mass is 9.97. The maximum absolute atomic E-state index is 12.2. The minimum Gasteiger partial charge on any atom is -0.459 e. The van der Waals surface area contributed by atoms with Crippen molar-refractivity contribution < 1.29 is 18.8 Å². The Kier molecular flexibility index (Phi) is 9.01. The van der Waals surface area contributed by atoms with Gasteiger partial charge in [0.15, 0.2) is 5.76 Å². The van der Waals surface area contributed by atoms with Gasteiger partial charge in [-0.3, -0.25) is 14.4 Å². The number of furan rings is 1. The Morgan fingerprint density at radius 2 is 2.08 bits per heavy atom. The minimum absolute atomic E-state index is 0. The maximum Gasteiger partial charge on any atom is 0.286 e. The van der Waals surface area contributed by atoms with Gasteiger partial charge in [0.1, 0.15) is 0 Å². The Labute approximate surface area is 152 Å². The highest BCUT2D eigenvalue weighted by atomic mass is 35.5. The molecule has 140 valence electrons. The zero-order chi connectivity index (χ0) is 17.4. The van der Waals surface area contributed by atoms with Crippen LogP contribution in [0.5, 0.6) is 0 Å². The molecule has 0 aromatic carbocycles. The van der Waals surface area contributed by atoms with E-state index in [4.69, 9.17) is 10.2 Å². The molecule has 25 heavy (non-hydrogen) atoms. The second-order valence-corrected chi connectivity index (χ2v) is 5.74. The molecule has 0 spiro atoms. The Hall–Kier alpha value is -2.06. The largest absolute Gasteiger partial charge is 0.459 e. The fourth-order valence-corrected chi connectivity index (χ4v) is 2.69. The Morgan fingerprint density at radius 1 is 1.28 bits per heavy atom. The van der Waals surface area contributed by atoms with Crippen LogP contribution in [0, 0.1) is 5.92 Å². The lowest BCUT2D eigenvalue weighted by Gasteiger charge is -2.32. The van der Waals surface area contributed by atoms with Crippen LogP contribution in [0.2, 0.25) is 0 Å².